The number of piperazine rings is 1. The van der Waals surface area contributed by atoms with Gasteiger partial charge in [0.1, 0.15) is 11.3 Å². The second-order valence-corrected chi connectivity index (χ2v) is 13.5. The molecule has 5 rings (SSSR count). The first kappa shape index (κ1) is 25.7. The van der Waals surface area contributed by atoms with Crippen LogP contribution in [-0.4, -0.2) is 45.9 Å². The first-order chi connectivity index (χ1) is 17.3. The lowest BCUT2D eigenvalue weighted by molar-refractivity contribution is 0.0483. The molecule has 198 valence electrons. The Kier molecular flexibility index (Phi) is 6.36. The number of pyridine rings is 2. The number of fused-ring (bicyclic) bond motifs is 1. The van der Waals surface area contributed by atoms with Crippen LogP contribution >= 0.6 is 0 Å². The summed E-state index contributed by atoms with van der Waals surface area (Å²) in [7, 11) is 0. The van der Waals surface area contributed by atoms with Gasteiger partial charge in [-0.25, -0.2) is 9.97 Å². The molecule has 0 atom stereocenters. The molecule has 0 bridgehead atoms. The van der Waals surface area contributed by atoms with Gasteiger partial charge in [0.15, 0.2) is 11.3 Å². The van der Waals surface area contributed by atoms with E-state index in [1.807, 2.05) is 35.4 Å². The highest BCUT2D eigenvalue weighted by molar-refractivity contribution is 5.96. The standard InChI is InChI=1S/C31H42N4O2/c1-29(2,3)22-18-23(21-11-13-30(4,5)14-12-21)33-24-19-25(37-27(22)24)28(36)35-17-16-34(20-31(35,6)7)26-10-8-9-15-32-26/h8-10,15,18-19,21H,11-14,16-17,20H2,1-7H3. The molecule has 3 aromatic heterocycles. The summed E-state index contributed by atoms with van der Waals surface area (Å²) in [4.78, 5) is 27.6. The van der Waals surface area contributed by atoms with E-state index in [1.54, 1.807) is 0 Å². The van der Waals surface area contributed by atoms with Gasteiger partial charge in [0, 0.05) is 49.1 Å². The van der Waals surface area contributed by atoms with Crippen LogP contribution < -0.4 is 4.90 Å². The maximum Gasteiger partial charge on any atom is 0.290 e. The van der Waals surface area contributed by atoms with Crippen LogP contribution in [0.15, 0.2) is 40.9 Å². The van der Waals surface area contributed by atoms with E-state index in [2.05, 4.69) is 64.4 Å². The zero-order valence-electron chi connectivity index (χ0n) is 23.6. The lowest BCUT2D eigenvalue weighted by atomic mass is 9.72. The van der Waals surface area contributed by atoms with Gasteiger partial charge in [-0.05, 0) is 68.6 Å². The molecule has 0 N–H and O–H groups in total. The van der Waals surface area contributed by atoms with E-state index in [4.69, 9.17) is 9.40 Å². The molecule has 1 saturated heterocycles. The van der Waals surface area contributed by atoms with Gasteiger partial charge in [0.05, 0.1) is 5.54 Å². The molecular formula is C31H42N4O2. The van der Waals surface area contributed by atoms with Gasteiger partial charge >= 0.3 is 0 Å². The first-order valence-electron chi connectivity index (χ1n) is 13.8. The summed E-state index contributed by atoms with van der Waals surface area (Å²) in [6, 6.07) is 10.1. The largest absolute Gasteiger partial charge is 0.449 e. The van der Waals surface area contributed by atoms with Gasteiger partial charge in [0.2, 0.25) is 0 Å². The molecule has 1 aliphatic carbocycles. The normalized spacial score (nSPS) is 20.4. The summed E-state index contributed by atoms with van der Waals surface area (Å²) in [5.41, 5.74) is 3.77. The number of furan rings is 1. The van der Waals surface area contributed by atoms with Gasteiger partial charge in [-0.2, -0.15) is 0 Å². The summed E-state index contributed by atoms with van der Waals surface area (Å²) < 4.78 is 6.34. The van der Waals surface area contributed by atoms with Crippen LogP contribution in [0.5, 0.6) is 0 Å². The number of nitrogens with zero attached hydrogens (tertiary/aromatic N) is 4. The van der Waals surface area contributed by atoms with E-state index in [9.17, 15) is 4.79 Å². The fraction of sp³-hybridized carbons (Fsp3) is 0.581. The summed E-state index contributed by atoms with van der Waals surface area (Å²) in [6.45, 7) is 17.6. The molecule has 0 unspecified atom stereocenters. The summed E-state index contributed by atoms with van der Waals surface area (Å²) in [6.07, 6.45) is 6.57. The van der Waals surface area contributed by atoms with Crippen LogP contribution in [0, 0.1) is 5.41 Å². The monoisotopic (exact) mass is 502 g/mol. The Morgan fingerprint density at radius 2 is 1.78 bits per heavy atom. The highest BCUT2D eigenvalue weighted by Crippen LogP contribution is 2.43. The molecule has 0 aromatic carbocycles. The predicted octanol–water partition coefficient (Wildman–Crippen LogP) is 6.95. The summed E-state index contributed by atoms with van der Waals surface area (Å²) >= 11 is 0. The Morgan fingerprint density at radius 3 is 2.41 bits per heavy atom. The van der Waals surface area contributed by atoms with Crippen molar-refractivity contribution in [3.8, 4) is 0 Å². The Hall–Kier alpha value is -2.89. The number of amides is 1. The van der Waals surface area contributed by atoms with Gasteiger partial charge in [-0.1, -0.05) is 40.7 Å². The number of rotatable bonds is 3. The molecule has 6 nitrogen and oxygen atoms in total. The lowest BCUT2D eigenvalue weighted by Gasteiger charge is -2.47. The first-order valence-corrected chi connectivity index (χ1v) is 13.8. The zero-order valence-corrected chi connectivity index (χ0v) is 23.6. The number of anilines is 1. The third kappa shape index (κ3) is 5.12. The van der Waals surface area contributed by atoms with Crippen LogP contribution in [0.25, 0.3) is 11.1 Å². The van der Waals surface area contributed by atoms with Crippen LogP contribution in [0.4, 0.5) is 5.82 Å². The number of carbonyl (C=O) groups is 1. The number of hydrogen-bond acceptors (Lipinski definition) is 5. The number of aromatic nitrogens is 2. The zero-order chi connectivity index (χ0) is 26.6. The molecule has 2 aliphatic rings. The molecule has 0 spiro atoms. The van der Waals surface area contributed by atoms with E-state index in [-0.39, 0.29) is 16.9 Å². The summed E-state index contributed by atoms with van der Waals surface area (Å²) in [5, 5.41) is 0. The topological polar surface area (TPSA) is 62.5 Å². The maximum atomic E-state index is 13.8. The molecule has 6 heteroatoms. The van der Waals surface area contributed by atoms with Crippen molar-refractivity contribution in [1.29, 1.82) is 0 Å². The smallest absolute Gasteiger partial charge is 0.290 e. The minimum atomic E-state index is -0.369. The minimum Gasteiger partial charge on any atom is -0.449 e. The van der Waals surface area contributed by atoms with E-state index >= 15 is 0 Å². The van der Waals surface area contributed by atoms with Gasteiger partial charge in [-0.15, -0.1) is 0 Å². The fourth-order valence-corrected chi connectivity index (χ4v) is 6.01. The lowest BCUT2D eigenvalue weighted by Crippen LogP contribution is -2.61. The molecule has 37 heavy (non-hydrogen) atoms. The molecular weight excluding hydrogens is 460 g/mol. The van der Waals surface area contributed by atoms with Crippen molar-refractivity contribution in [2.75, 3.05) is 24.5 Å². The van der Waals surface area contributed by atoms with E-state index < -0.39 is 0 Å². The van der Waals surface area contributed by atoms with Gasteiger partial charge in [0.25, 0.3) is 5.91 Å². The Labute approximate surface area is 221 Å². The van der Waals surface area contributed by atoms with Gasteiger partial charge in [-0.3, -0.25) is 4.79 Å². The second kappa shape index (κ2) is 9.14. The highest BCUT2D eigenvalue weighted by atomic mass is 16.3. The molecule has 1 amide bonds. The average molecular weight is 503 g/mol. The van der Waals surface area contributed by atoms with E-state index in [0.29, 0.717) is 30.2 Å². The summed E-state index contributed by atoms with van der Waals surface area (Å²) in [5.74, 6) is 1.73. The van der Waals surface area contributed by atoms with Crippen molar-refractivity contribution in [2.45, 2.75) is 91.0 Å². The minimum absolute atomic E-state index is 0.0653. The third-order valence-electron chi connectivity index (χ3n) is 8.40. The van der Waals surface area contributed by atoms with Crippen LogP contribution in [0.2, 0.25) is 0 Å². The molecule has 4 heterocycles. The predicted molar refractivity (Wildman–Crippen MR) is 149 cm³/mol. The molecule has 2 fully saturated rings. The van der Waals surface area contributed by atoms with Crippen molar-refractivity contribution < 1.29 is 9.21 Å². The van der Waals surface area contributed by atoms with Crippen molar-refractivity contribution in [3.05, 3.63) is 53.5 Å². The SMILES string of the molecule is CC1(C)CCC(c2cc(C(C)(C)C)c3oc(C(=O)N4CCN(c5ccccn5)CC4(C)C)cc3n2)CC1. The van der Waals surface area contributed by atoms with Crippen LogP contribution in [0.3, 0.4) is 0 Å². The number of carbonyl (C=O) groups excluding carboxylic acids is 1. The third-order valence-corrected chi connectivity index (χ3v) is 8.40. The van der Waals surface area contributed by atoms with Crippen LogP contribution in [0.1, 0.15) is 102 Å². The Balaban J connectivity index is 1.44. The van der Waals surface area contributed by atoms with E-state index in [1.165, 1.54) is 12.8 Å². The highest BCUT2D eigenvalue weighted by Gasteiger charge is 2.39. The number of hydrogen-bond donors (Lipinski definition) is 0. The quantitative estimate of drug-likeness (QED) is 0.388. The van der Waals surface area contributed by atoms with Crippen LogP contribution in [-0.2, 0) is 5.41 Å². The molecule has 3 aromatic rings. The molecule has 1 aliphatic heterocycles. The van der Waals surface area contributed by atoms with E-state index in [0.717, 1.165) is 47.6 Å². The van der Waals surface area contributed by atoms with Crippen molar-refractivity contribution in [2.24, 2.45) is 5.41 Å². The van der Waals surface area contributed by atoms with Gasteiger partial charge < -0.3 is 14.2 Å². The average Bonchev–Trinajstić information content (AvgIpc) is 3.26. The van der Waals surface area contributed by atoms with Crippen molar-refractivity contribution in [3.63, 3.8) is 0 Å². The Bertz CT molecular complexity index is 1280. The van der Waals surface area contributed by atoms with Crippen molar-refractivity contribution in [1.82, 2.24) is 14.9 Å². The molecule has 0 radical (unpaired) electrons. The molecule has 1 saturated carbocycles. The second-order valence-electron chi connectivity index (χ2n) is 13.5. The maximum absolute atomic E-state index is 13.8. The Morgan fingerprint density at radius 1 is 1.05 bits per heavy atom. The van der Waals surface area contributed by atoms with Crippen molar-refractivity contribution >= 4 is 22.8 Å². The fourth-order valence-electron chi connectivity index (χ4n) is 6.01.